The lowest BCUT2D eigenvalue weighted by Gasteiger charge is -2.23. The average Bonchev–Trinajstić information content (AvgIpc) is 3.21. The van der Waals surface area contributed by atoms with Crippen molar-refractivity contribution in [2.24, 2.45) is 0 Å². The van der Waals surface area contributed by atoms with Crippen molar-refractivity contribution < 1.29 is 9.53 Å². The number of ether oxygens (including phenoxy) is 1. The molecule has 0 bridgehead atoms. The van der Waals surface area contributed by atoms with E-state index < -0.39 is 0 Å². The second-order valence-corrected chi connectivity index (χ2v) is 7.77. The number of pyridine rings is 1. The van der Waals surface area contributed by atoms with Gasteiger partial charge in [0.1, 0.15) is 5.01 Å². The first-order chi connectivity index (χ1) is 14.7. The van der Waals surface area contributed by atoms with E-state index in [2.05, 4.69) is 16.4 Å². The number of fused-ring (bicyclic) bond motifs is 1. The number of thiazole rings is 1. The molecule has 0 radical (unpaired) electrons. The Morgan fingerprint density at radius 2 is 1.93 bits per heavy atom. The van der Waals surface area contributed by atoms with Crippen LogP contribution in [0.4, 0.5) is 10.5 Å². The molecule has 6 nitrogen and oxygen atoms in total. The summed E-state index contributed by atoms with van der Waals surface area (Å²) in [5.41, 5.74) is 3.55. The lowest BCUT2D eigenvalue weighted by molar-refractivity contribution is 0.153. The Labute approximate surface area is 179 Å². The fraction of sp³-hybridized carbons (Fsp3) is 0.174. The standard InChI is InChI=1S/C23H22N4O2S/c1-29-14-13-27(16-17-7-6-12-24-15-17)23(28)26-19-9-3-2-8-18(19)22-25-20-10-4-5-11-21(20)30-22/h2-12,15H,13-14,16H2,1H3,(H,26,28). The molecule has 2 amide bonds. The van der Waals surface area contributed by atoms with E-state index in [9.17, 15) is 4.79 Å². The van der Waals surface area contributed by atoms with Crippen molar-refractivity contribution in [1.29, 1.82) is 0 Å². The molecular formula is C23H22N4O2S. The highest BCUT2D eigenvalue weighted by atomic mass is 32.1. The number of methoxy groups -OCH3 is 1. The van der Waals surface area contributed by atoms with Crippen LogP contribution in [0.15, 0.2) is 73.1 Å². The number of aromatic nitrogens is 2. The molecular weight excluding hydrogens is 396 g/mol. The van der Waals surface area contributed by atoms with E-state index in [4.69, 9.17) is 9.72 Å². The fourth-order valence-corrected chi connectivity index (χ4v) is 4.13. The van der Waals surface area contributed by atoms with Gasteiger partial charge in [0.2, 0.25) is 0 Å². The molecule has 0 aliphatic rings. The number of hydrogen-bond acceptors (Lipinski definition) is 5. The highest BCUT2D eigenvalue weighted by Gasteiger charge is 2.17. The number of para-hydroxylation sites is 2. The van der Waals surface area contributed by atoms with Crippen LogP contribution >= 0.6 is 11.3 Å². The summed E-state index contributed by atoms with van der Waals surface area (Å²) in [6, 6.07) is 19.4. The Balaban J connectivity index is 1.58. The number of carbonyl (C=O) groups excluding carboxylic acids is 1. The molecule has 30 heavy (non-hydrogen) atoms. The number of carbonyl (C=O) groups is 1. The molecule has 0 unspecified atom stereocenters. The van der Waals surface area contributed by atoms with Crippen molar-refractivity contribution in [2.45, 2.75) is 6.54 Å². The maximum absolute atomic E-state index is 13.1. The normalized spacial score (nSPS) is 10.8. The molecule has 0 aliphatic heterocycles. The lowest BCUT2D eigenvalue weighted by atomic mass is 10.2. The van der Waals surface area contributed by atoms with E-state index in [1.54, 1.807) is 35.7 Å². The lowest BCUT2D eigenvalue weighted by Crippen LogP contribution is -2.37. The summed E-state index contributed by atoms with van der Waals surface area (Å²) >= 11 is 1.61. The van der Waals surface area contributed by atoms with E-state index in [1.165, 1.54) is 0 Å². The first-order valence-electron chi connectivity index (χ1n) is 9.63. The number of amides is 2. The van der Waals surface area contributed by atoms with E-state index in [0.717, 1.165) is 32.0 Å². The fourth-order valence-electron chi connectivity index (χ4n) is 3.13. The molecule has 2 aromatic heterocycles. The number of anilines is 1. The van der Waals surface area contributed by atoms with Gasteiger partial charge in [-0.15, -0.1) is 11.3 Å². The summed E-state index contributed by atoms with van der Waals surface area (Å²) in [7, 11) is 1.63. The van der Waals surface area contributed by atoms with E-state index >= 15 is 0 Å². The third-order valence-corrected chi connectivity index (χ3v) is 5.71. The Kier molecular flexibility index (Phi) is 6.32. The van der Waals surface area contributed by atoms with Crippen LogP contribution in [0.1, 0.15) is 5.56 Å². The third-order valence-electron chi connectivity index (χ3n) is 4.64. The minimum atomic E-state index is -0.190. The summed E-state index contributed by atoms with van der Waals surface area (Å²) in [6.07, 6.45) is 3.49. The molecule has 0 saturated carbocycles. The van der Waals surface area contributed by atoms with Crippen molar-refractivity contribution in [2.75, 3.05) is 25.6 Å². The van der Waals surface area contributed by atoms with Crippen LogP contribution in [0.2, 0.25) is 0 Å². The monoisotopic (exact) mass is 418 g/mol. The van der Waals surface area contributed by atoms with Crippen LogP contribution in [0.3, 0.4) is 0 Å². The smallest absolute Gasteiger partial charge is 0.322 e. The minimum absolute atomic E-state index is 0.190. The summed E-state index contributed by atoms with van der Waals surface area (Å²) in [5, 5.41) is 3.94. The van der Waals surface area contributed by atoms with Crippen LogP contribution in [0, 0.1) is 0 Å². The van der Waals surface area contributed by atoms with Gasteiger partial charge in [-0.25, -0.2) is 9.78 Å². The zero-order valence-electron chi connectivity index (χ0n) is 16.6. The van der Waals surface area contributed by atoms with Gasteiger partial charge >= 0.3 is 6.03 Å². The molecule has 0 fully saturated rings. The largest absolute Gasteiger partial charge is 0.383 e. The van der Waals surface area contributed by atoms with Crippen molar-refractivity contribution in [3.63, 3.8) is 0 Å². The molecule has 152 valence electrons. The molecule has 1 N–H and O–H groups in total. The van der Waals surface area contributed by atoms with Gasteiger partial charge in [0, 0.05) is 38.2 Å². The Bertz CT molecular complexity index is 1100. The highest BCUT2D eigenvalue weighted by Crippen LogP contribution is 2.34. The first kappa shape index (κ1) is 20.0. The van der Waals surface area contributed by atoms with Gasteiger partial charge in [0.25, 0.3) is 0 Å². The SMILES string of the molecule is COCCN(Cc1cccnc1)C(=O)Nc1ccccc1-c1nc2ccccc2s1. The highest BCUT2D eigenvalue weighted by molar-refractivity contribution is 7.21. The van der Waals surface area contributed by atoms with Crippen LogP contribution in [-0.4, -0.2) is 41.2 Å². The molecule has 0 spiro atoms. The predicted octanol–water partition coefficient (Wildman–Crippen LogP) is 5.04. The van der Waals surface area contributed by atoms with Crippen molar-refractivity contribution in [1.82, 2.24) is 14.9 Å². The molecule has 0 aliphatic carbocycles. The predicted molar refractivity (Wildman–Crippen MR) is 121 cm³/mol. The second kappa shape index (κ2) is 9.47. The van der Waals surface area contributed by atoms with Gasteiger partial charge in [0.15, 0.2) is 0 Å². The maximum atomic E-state index is 13.1. The van der Waals surface area contributed by atoms with Crippen molar-refractivity contribution in [3.05, 3.63) is 78.6 Å². The van der Waals surface area contributed by atoms with Crippen molar-refractivity contribution in [3.8, 4) is 10.6 Å². The number of benzene rings is 2. The average molecular weight is 419 g/mol. The molecule has 7 heteroatoms. The Morgan fingerprint density at radius 1 is 1.10 bits per heavy atom. The maximum Gasteiger partial charge on any atom is 0.322 e. The quantitative estimate of drug-likeness (QED) is 0.457. The van der Waals surface area contributed by atoms with Gasteiger partial charge in [-0.2, -0.15) is 0 Å². The number of urea groups is 1. The molecule has 0 saturated heterocycles. The first-order valence-corrected chi connectivity index (χ1v) is 10.4. The number of nitrogens with zero attached hydrogens (tertiary/aromatic N) is 3. The molecule has 4 aromatic rings. The Morgan fingerprint density at radius 3 is 2.73 bits per heavy atom. The molecule has 4 rings (SSSR count). The van der Waals surface area contributed by atoms with E-state index in [1.807, 2.05) is 54.6 Å². The minimum Gasteiger partial charge on any atom is -0.383 e. The summed E-state index contributed by atoms with van der Waals surface area (Å²) in [4.78, 5) is 23.7. The van der Waals surface area contributed by atoms with Gasteiger partial charge in [-0.3, -0.25) is 4.98 Å². The molecule has 2 aromatic carbocycles. The molecule has 0 atom stereocenters. The van der Waals surface area contributed by atoms with Gasteiger partial charge in [0.05, 0.1) is 22.5 Å². The third kappa shape index (κ3) is 4.64. The van der Waals surface area contributed by atoms with E-state index in [-0.39, 0.29) is 6.03 Å². The van der Waals surface area contributed by atoms with Crippen molar-refractivity contribution >= 4 is 33.3 Å². The zero-order chi connectivity index (χ0) is 20.8. The topological polar surface area (TPSA) is 67.3 Å². The van der Waals surface area contributed by atoms with Crippen LogP contribution < -0.4 is 5.32 Å². The van der Waals surface area contributed by atoms with Crippen LogP contribution in [-0.2, 0) is 11.3 Å². The summed E-state index contributed by atoms with van der Waals surface area (Å²) in [5.74, 6) is 0. The number of hydrogen-bond donors (Lipinski definition) is 1. The van der Waals surface area contributed by atoms with Crippen LogP contribution in [0.5, 0.6) is 0 Å². The zero-order valence-corrected chi connectivity index (χ0v) is 17.4. The Hall–Kier alpha value is -3.29. The second-order valence-electron chi connectivity index (χ2n) is 6.74. The summed E-state index contributed by atoms with van der Waals surface area (Å²) < 4.78 is 6.31. The van der Waals surface area contributed by atoms with Crippen LogP contribution in [0.25, 0.3) is 20.8 Å². The number of nitrogens with one attached hydrogen (secondary N) is 1. The van der Waals surface area contributed by atoms with E-state index in [0.29, 0.717) is 19.7 Å². The van der Waals surface area contributed by atoms with Gasteiger partial charge in [-0.1, -0.05) is 30.3 Å². The summed E-state index contributed by atoms with van der Waals surface area (Å²) in [6.45, 7) is 1.38. The van der Waals surface area contributed by atoms with Gasteiger partial charge in [-0.05, 0) is 35.9 Å². The van der Waals surface area contributed by atoms with Gasteiger partial charge < -0.3 is 15.0 Å². The number of rotatable bonds is 7. The molecule has 2 heterocycles.